The lowest BCUT2D eigenvalue weighted by atomic mass is 10.2. The van der Waals surface area contributed by atoms with Crippen LogP contribution in [0.3, 0.4) is 0 Å². The van der Waals surface area contributed by atoms with Crippen LogP contribution in [0.25, 0.3) is 21.6 Å². The third-order valence-electron chi connectivity index (χ3n) is 4.70. The minimum Gasteiger partial charge on any atom is -0.353 e. The van der Waals surface area contributed by atoms with E-state index >= 15 is 0 Å². The predicted octanol–water partition coefficient (Wildman–Crippen LogP) is 3.41. The van der Waals surface area contributed by atoms with Crippen LogP contribution in [-0.2, 0) is 0 Å². The van der Waals surface area contributed by atoms with Crippen LogP contribution in [0.2, 0.25) is 0 Å². The summed E-state index contributed by atoms with van der Waals surface area (Å²) in [6, 6.07) is 12.3. The van der Waals surface area contributed by atoms with E-state index in [1.54, 1.807) is 11.3 Å². The number of benzene rings is 1. The quantitative estimate of drug-likeness (QED) is 0.605. The molecule has 1 fully saturated rings. The number of piperazine rings is 1. The van der Waals surface area contributed by atoms with Crippen molar-refractivity contribution in [2.45, 2.75) is 0 Å². The highest BCUT2D eigenvalue weighted by atomic mass is 32.1. The summed E-state index contributed by atoms with van der Waals surface area (Å²) >= 11 is 1.65. The van der Waals surface area contributed by atoms with Crippen LogP contribution in [0.1, 0.15) is 0 Å². The minimum absolute atomic E-state index is 0.926. The van der Waals surface area contributed by atoms with Gasteiger partial charge in [-0.3, -0.25) is 0 Å². The average Bonchev–Trinajstić information content (AvgIpc) is 3.38. The summed E-state index contributed by atoms with van der Waals surface area (Å²) in [5, 5.41) is 3.03. The number of imidazole rings is 1. The zero-order valence-electron chi connectivity index (χ0n) is 14.2. The highest BCUT2D eigenvalue weighted by Crippen LogP contribution is 2.27. The van der Waals surface area contributed by atoms with E-state index in [0.717, 1.165) is 59.5 Å². The number of nitrogens with one attached hydrogen (secondary N) is 1. The zero-order valence-corrected chi connectivity index (χ0v) is 15.0. The summed E-state index contributed by atoms with van der Waals surface area (Å²) in [6.07, 6.45) is 3.69. The molecule has 0 amide bonds. The standard InChI is InChI=1S/C19H18N6S/c1-2-6-20-17(3-1)24-8-10-25(11-9-24)19-22-15-5-4-14(13-16(15)23-19)18-21-7-12-26-18/h1-7,12-13H,8-11H2,(H,22,23). The fourth-order valence-corrected chi connectivity index (χ4v) is 3.97. The number of pyridine rings is 1. The summed E-state index contributed by atoms with van der Waals surface area (Å²) in [7, 11) is 0. The van der Waals surface area contributed by atoms with E-state index in [4.69, 9.17) is 4.98 Å². The van der Waals surface area contributed by atoms with Gasteiger partial charge < -0.3 is 14.8 Å². The van der Waals surface area contributed by atoms with Gasteiger partial charge in [-0.25, -0.2) is 15.0 Å². The van der Waals surface area contributed by atoms with Crippen LogP contribution in [0.5, 0.6) is 0 Å². The lowest BCUT2D eigenvalue weighted by Gasteiger charge is -2.35. The Hall–Kier alpha value is -2.93. The van der Waals surface area contributed by atoms with Crippen LogP contribution in [0, 0.1) is 0 Å². The maximum atomic E-state index is 4.78. The summed E-state index contributed by atoms with van der Waals surface area (Å²) < 4.78 is 0. The maximum absolute atomic E-state index is 4.78. The second-order valence-corrected chi connectivity index (χ2v) is 7.19. The SMILES string of the molecule is c1ccc(N2CCN(c3nc4ccc(-c5nccs5)cc4[nH]3)CC2)nc1. The van der Waals surface area contributed by atoms with Crippen molar-refractivity contribution in [3.63, 3.8) is 0 Å². The Morgan fingerprint density at radius 1 is 0.923 bits per heavy atom. The van der Waals surface area contributed by atoms with E-state index in [-0.39, 0.29) is 0 Å². The highest BCUT2D eigenvalue weighted by molar-refractivity contribution is 7.13. The number of rotatable bonds is 3. The molecule has 26 heavy (non-hydrogen) atoms. The number of thiazole rings is 1. The molecule has 0 saturated carbocycles. The van der Waals surface area contributed by atoms with Gasteiger partial charge in [0.05, 0.1) is 11.0 Å². The number of anilines is 2. The third kappa shape index (κ3) is 2.80. The predicted molar refractivity (Wildman–Crippen MR) is 106 cm³/mol. The van der Waals surface area contributed by atoms with E-state index in [1.165, 1.54) is 0 Å². The van der Waals surface area contributed by atoms with Gasteiger partial charge in [0, 0.05) is 49.5 Å². The van der Waals surface area contributed by atoms with Gasteiger partial charge in [-0.2, -0.15) is 0 Å². The Bertz CT molecular complexity index is 1000. The molecule has 6 nitrogen and oxygen atoms in total. The first kappa shape index (κ1) is 15.3. The molecule has 0 bridgehead atoms. The number of H-pyrrole nitrogens is 1. The van der Waals surface area contributed by atoms with Gasteiger partial charge in [0.1, 0.15) is 10.8 Å². The smallest absolute Gasteiger partial charge is 0.203 e. The molecule has 0 radical (unpaired) electrons. The first-order valence-electron chi connectivity index (χ1n) is 8.67. The Kier molecular flexibility index (Phi) is 3.79. The van der Waals surface area contributed by atoms with Crippen molar-refractivity contribution in [2.75, 3.05) is 36.0 Å². The largest absolute Gasteiger partial charge is 0.353 e. The highest BCUT2D eigenvalue weighted by Gasteiger charge is 2.20. The molecule has 0 unspecified atom stereocenters. The van der Waals surface area contributed by atoms with Crippen molar-refractivity contribution >= 4 is 34.1 Å². The third-order valence-corrected chi connectivity index (χ3v) is 5.52. The summed E-state index contributed by atoms with van der Waals surface area (Å²) in [4.78, 5) is 21.7. The lowest BCUT2D eigenvalue weighted by Crippen LogP contribution is -2.47. The minimum atomic E-state index is 0.926. The Morgan fingerprint density at radius 3 is 2.58 bits per heavy atom. The van der Waals surface area contributed by atoms with Gasteiger partial charge >= 0.3 is 0 Å². The van der Waals surface area contributed by atoms with Gasteiger partial charge in [0.2, 0.25) is 5.95 Å². The van der Waals surface area contributed by atoms with E-state index < -0.39 is 0 Å². The van der Waals surface area contributed by atoms with Crippen LogP contribution in [-0.4, -0.2) is 46.1 Å². The topological polar surface area (TPSA) is 60.9 Å². The zero-order chi connectivity index (χ0) is 17.3. The molecule has 1 saturated heterocycles. The lowest BCUT2D eigenvalue weighted by molar-refractivity contribution is 0.638. The molecule has 1 aromatic carbocycles. The fourth-order valence-electron chi connectivity index (χ4n) is 3.33. The number of aromatic nitrogens is 4. The Balaban J connectivity index is 1.35. The van der Waals surface area contributed by atoms with E-state index in [0.29, 0.717) is 0 Å². The summed E-state index contributed by atoms with van der Waals surface area (Å²) in [6.45, 7) is 3.74. The molecule has 4 aromatic rings. The van der Waals surface area contributed by atoms with Crippen molar-refractivity contribution in [1.29, 1.82) is 0 Å². The van der Waals surface area contributed by atoms with Crippen LogP contribution >= 0.6 is 11.3 Å². The van der Waals surface area contributed by atoms with E-state index in [2.05, 4.69) is 49.0 Å². The Morgan fingerprint density at radius 2 is 1.81 bits per heavy atom. The molecule has 1 N–H and O–H groups in total. The fraction of sp³-hybridized carbons (Fsp3) is 0.211. The maximum Gasteiger partial charge on any atom is 0.203 e. The molecular formula is C19H18N6S. The molecule has 7 heteroatoms. The monoisotopic (exact) mass is 362 g/mol. The Labute approximate surface area is 155 Å². The number of aromatic amines is 1. The van der Waals surface area contributed by atoms with Crippen molar-refractivity contribution in [2.24, 2.45) is 0 Å². The van der Waals surface area contributed by atoms with Crippen LogP contribution in [0.4, 0.5) is 11.8 Å². The molecule has 0 spiro atoms. The average molecular weight is 362 g/mol. The molecule has 3 aromatic heterocycles. The van der Waals surface area contributed by atoms with Gasteiger partial charge in [0.15, 0.2) is 0 Å². The van der Waals surface area contributed by atoms with Gasteiger partial charge in [0.25, 0.3) is 0 Å². The number of hydrogen-bond acceptors (Lipinski definition) is 6. The second kappa shape index (κ2) is 6.42. The molecule has 5 rings (SSSR count). The van der Waals surface area contributed by atoms with Crippen molar-refractivity contribution in [3.8, 4) is 10.6 Å². The first-order chi connectivity index (χ1) is 12.9. The van der Waals surface area contributed by atoms with Crippen molar-refractivity contribution < 1.29 is 0 Å². The summed E-state index contributed by atoms with van der Waals surface area (Å²) in [5.74, 6) is 1.99. The number of nitrogens with zero attached hydrogens (tertiary/aromatic N) is 5. The first-order valence-corrected chi connectivity index (χ1v) is 9.55. The molecule has 130 valence electrons. The molecule has 1 aliphatic heterocycles. The second-order valence-electron chi connectivity index (χ2n) is 6.29. The van der Waals surface area contributed by atoms with Gasteiger partial charge in [-0.15, -0.1) is 11.3 Å². The van der Waals surface area contributed by atoms with Gasteiger partial charge in [-0.1, -0.05) is 6.07 Å². The van der Waals surface area contributed by atoms with E-state index in [9.17, 15) is 0 Å². The summed E-state index contributed by atoms with van der Waals surface area (Å²) in [5.41, 5.74) is 3.18. The normalized spacial score (nSPS) is 14.9. The number of fused-ring (bicyclic) bond motifs is 1. The van der Waals surface area contributed by atoms with E-state index in [1.807, 2.05) is 29.9 Å². The molecule has 0 atom stereocenters. The van der Waals surface area contributed by atoms with Crippen LogP contribution in [0.15, 0.2) is 54.2 Å². The van der Waals surface area contributed by atoms with Crippen LogP contribution < -0.4 is 9.80 Å². The molecule has 1 aliphatic rings. The number of hydrogen-bond donors (Lipinski definition) is 1. The molecule has 4 heterocycles. The van der Waals surface area contributed by atoms with Crippen molar-refractivity contribution in [3.05, 3.63) is 54.2 Å². The molecule has 0 aliphatic carbocycles. The van der Waals surface area contributed by atoms with Crippen molar-refractivity contribution in [1.82, 2.24) is 19.9 Å². The van der Waals surface area contributed by atoms with Gasteiger partial charge in [-0.05, 0) is 30.3 Å². The molecular weight excluding hydrogens is 344 g/mol.